The molecule has 0 atom stereocenters. The second kappa shape index (κ2) is 5.82. The van der Waals surface area contributed by atoms with Crippen LogP contribution in [-0.2, 0) is 19.8 Å². The maximum atomic E-state index is 12.9. The number of hydrogen-bond donors (Lipinski definition) is 2. The van der Waals surface area contributed by atoms with Gasteiger partial charge < -0.3 is 15.1 Å². The lowest BCUT2D eigenvalue weighted by atomic mass is 10.1. The van der Waals surface area contributed by atoms with Gasteiger partial charge in [0, 0.05) is 44.0 Å². The fourth-order valence-corrected chi connectivity index (χ4v) is 2.16. The molecule has 0 aliphatic carbocycles. The van der Waals surface area contributed by atoms with E-state index in [-0.39, 0.29) is 29.2 Å². The van der Waals surface area contributed by atoms with Gasteiger partial charge in [-0.1, -0.05) is 0 Å². The Balaban J connectivity index is 2.25. The first kappa shape index (κ1) is 16.7. The number of nitrogens with zero attached hydrogens (tertiary/aromatic N) is 3. The van der Waals surface area contributed by atoms with E-state index in [1.807, 2.05) is 0 Å². The van der Waals surface area contributed by atoms with Crippen LogP contribution < -0.4 is 0 Å². The van der Waals surface area contributed by atoms with Crippen LogP contribution in [0.5, 0.6) is 11.5 Å². The highest BCUT2D eigenvalue weighted by Crippen LogP contribution is 2.31. The molecule has 2 aromatic rings. The number of aromatic nitrogens is 2. The number of benzene rings is 1. The number of phenolic OH excluding ortho intramolecular Hbond substituents is 2. The van der Waals surface area contributed by atoms with Gasteiger partial charge in [-0.3, -0.25) is 9.48 Å². The van der Waals surface area contributed by atoms with E-state index in [0.717, 1.165) is 27.8 Å². The predicted molar refractivity (Wildman–Crippen MR) is 73.8 cm³/mol. The van der Waals surface area contributed by atoms with Crippen LogP contribution in [0.2, 0.25) is 0 Å². The van der Waals surface area contributed by atoms with E-state index in [9.17, 15) is 28.2 Å². The first-order chi connectivity index (χ1) is 10.6. The molecule has 0 saturated heterocycles. The summed E-state index contributed by atoms with van der Waals surface area (Å²) in [5.74, 6) is -1.29. The SMILES string of the molecule is CN(Cc1cn(C)nc1C(F)(F)F)C(=O)c1cc(O)cc(O)c1. The maximum Gasteiger partial charge on any atom is 0.435 e. The highest BCUT2D eigenvalue weighted by Gasteiger charge is 2.37. The molecule has 1 heterocycles. The number of phenols is 2. The summed E-state index contributed by atoms with van der Waals surface area (Å²) in [6, 6.07) is 3.28. The molecule has 2 rings (SSSR count). The first-order valence-corrected chi connectivity index (χ1v) is 6.46. The Bertz CT molecular complexity index is 720. The van der Waals surface area contributed by atoms with Crippen LogP contribution in [0.15, 0.2) is 24.4 Å². The summed E-state index contributed by atoms with van der Waals surface area (Å²) in [5.41, 5.74) is -1.25. The Kier molecular flexibility index (Phi) is 4.22. The molecule has 0 spiro atoms. The standard InChI is InChI=1S/C14H14F3N3O3/c1-19(13(23)8-3-10(21)5-11(22)4-8)6-9-7-20(2)18-12(9)14(15,16)17/h3-5,7,21-22H,6H2,1-2H3. The lowest BCUT2D eigenvalue weighted by Gasteiger charge is -2.18. The summed E-state index contributed by atoms with van der Waals surface area (Å²) in [7, 11) is 2.67. The summed E-state index contributed by atoms with van der Waals surface area (Å²) in [5, 5.41) is 22.1. The molecule has 9 heteroatoms. The van der Waals surface area contributed by atoms with Gasteiger partial charge in [-0.2, -0.15) is 18.3 Å². The van der Waals surface area contributed by atoms with Crippen molar-refractivity contribution in [2.75, 3.05) is 7.05 Å². The van der Waals surface area contributed by atoms with Crippen LogP contribution in [0.4, 0.5) is 13.2 Å². The zero-order valence-electron chi connectivity index (χ0n) is 12.3. The van der Waals surface area contributed by atoms with E-state index in [1.54, 1.807) is 0 Å². The third-order valence-electron chi connectivity index (χ3n) is 3.08. The van der Waals surface area contributed by atoms with E-state index in [1.165, 1.54) is 20.3 Å². The normalized spacial score (nSPS) is 11.5. The van der Waals surface area contributed by atoms with Crippen LogP contribution in [0.1, 0.15) is 21.6 Å². The fourth-order valence-electron chi connectivity index (χ4n) is 2.16. The van der Waals surface area contributed by atoms with Crippen molar-refractivity contribution in [2.24, 2.45) is 7.05 Å². The lowest BCUT2D eigenvalue weighted by molar-refractivity contribution is -0.142. The summed E-state index contributed by atoms with van der Waals surface area (Å²) >= 11 is 0. The number of amides is 1. The number of alkyl halides is 3. The Labute approximate surface area is 129 Å². The third-order valence-corrected chi connectivity index (χ3v) is 3.08. The molecule has 124 valence electrons. The molecule has 0 bridgehead atoms. The van der Waals surface area contributed by atoms with Crippen molar-refractivity contribution >= 4 is 5.91 Å². The molecule has 0 fully saturated rings. The number of halogens is 3. The Morgan fingerprint density at radius 2 is 1.83 bits per heavy atom. The first-order valence-electron chi connectivity index (χ1n) is 6.46. The van der Waals surface area contributed by atoms with Gasteiger partial charge in [-0.25, -0.2) is 0 Å². The molecule has 1 aromatic heterocycles. The van der Waals surface area contributed by atoms with Gasteiger partial charge in [0.2, 0.25) is 0 Å². The van der Waals surface area contributed by atoms with E-state index < -0.39 is 17.8 Å². The summed E-state index contributed by atoms with van der Waals surface area (Å²) in [6.07, 6.45) is -3.43. The molecule has 1 aromatic carbocycles. The van der Waals surface area contributed by atoms with Gasteiger partial charge in [0.15, 0.2) is 5.69 Å². The van der Waals surface area contributed by atoms with Gasteiger partial charge >= 0.3 is 6.18 Å². The number of aryl methyl sites for hydroxylation is 1. The minimum atomic E-state index is -4.62. The number of carbonyl (C=O) groups is 1. The van der Waals surface area contributed by atoms with Crippen molar-refractivity contribution < 1.29 is 28.2 Å². The molecule has 0 aliphatic heterocycles. The van der Waals surface area contributed by atoms with Gasteiger partial charge in [-0.15, -0.1) is 0 Å². The van der Waals surface area contributed by atoms with Gasteiger partial charge in [0.1, 0.15) is 11.5 Å². The monoisotopic (exact) mass is 329 g/mol. The van der Waals surface area contributed by atoms with E-state index in [2.05, 4.69) is 5.10 Å². The molecule has 23 heavy (non-hydrogen) atoms. The third kappa shape index (κ3) is 3.74. The summed E-state index contributed by atoms with van der Waals surface area (Å²) < 4.78 is 39.7. The summed E-state index contributed by atoms with van der Waals surface area (Å²) in [6.45, 7) is -0.321. The van der Waals surface area contributed by atoms with Crippen LogP contribution in [0, 0.1) is 0 Å². The van der Waals surface area contributed by atoms with Crippen LogP contribution in [-0.4, -0.2) is 37.8 Å². The van der Waals surface area contributed by atoms with Crippen LogP contribution >= 0.6 is 0 Å². The minimum Gasteiger partial charge on any atom is -0.508 e. The molecule has 0 unspecified atom stereocenters. The largest absolute Gasteiger partial charge is 0.508 e. The molecular formula is C14H14F3N3O3. The Morgan fingerprint density at radius 3 is 2.35 bits per heavy atom. The smallest absolute Gasteiger partial charge is 0.435 e. The van der Waals surface area contributed by atoms with Crippen molar-refractivity contribution in [2.45, 2.75) is 12.7 Å². The average molecular weight is 329 g/mol. The second-order valence-electron chi connectivity index (χ2n) is 5.07. The topological polar surface area (TPSA) is 78.6 Å². The van der Waals surface area contributed by atoms with Crippen molar-refractivity contribution in [3.05, 3.63) is 41.2 Å². The number of aromatic hydroxyl groups is 2. The van der Waals surface area contributed by atoms with E-state index >= 15 is 0 Å². The van der Waals surface area contributed by atoms with Crippen molar-refractivity contribution in [3.8, 4) is 11.5 Å². The Morgan fingerprint density at radius 1 is 1.26 bits per heavy atom. The number of rotatable bonds is 3. The molecular weight excluding hydrogens is 315 g/mol. The van der Waals surface area contributed by atoms with Gasteiger partial charge in [-0.05, 0) is 12.1 Å². The van der Waals surface area contributed by atoms with Gasteiger partial charge in [0.25, 0.3) is 5.91 Å². The highest BCUT2D eigenvalue weighted by atomic mass is 19.4. The van der Waals surface area contributed by atoms with E-state index in [4.69, 9.17) is 0 Å². The Hall–Kier alpha value is -2.71. The van der Waals surface area contributed by atoms with Gasteiger partial charge in [0.05, 0.1) is 0 Å². The van der Waals surface area contributed by atoms with Crippen LogP contribution in [0.3, 0.4) is 0 Å². The molecule has 6 nitrogen and oxygen atoms in total. The number of hydrogen-bond acceptors (Lipinski definition) is 4. The highest BCUT2D eigenvalue weighted by molar-refractivity contribution is 5.94. The lowest BCUT2D eigenvalue weighted by Crippen LogP contribution is -2.27. The maximum absolute atomic E-state index is 12.9. The molecule has 0 saturated carbocycles. The average Bonchev–Trinajstić information content (AvgIpc) is 2.77. The molecule has 0 aliphatic rings. The van der Waals surface area contributed by atoms with Crippen molar-refractivity contribution in [1.29, 1.82) is 0 Å². The zero-order chi connectivity index (χ0) is 17.4. The minimum absolute atomic E-state index is 0.0394. The van der Waals surface area contributed by atoms with Crippen LogP contribution in [0.25, 0.3) is 0 Å². The van der Waals surface area contributed by atoms with E-state index in [0.29, 0.717) is 0 Å². The zero-order valence-corrected chi connectivity index (χ0v) is 12.3. The second-order valence-corrected chi connectivity index (χ2v) is 5.07. The fraction of sp³-hybridized carbons (Fsp3) is 0.286. The number of carbonyl (C=O) groups excluding carboxylic acids is 1. The van der Waals surface area contributed by atoms with Crippen molar-refractivity contribution in [3.63, 3.8) is 0 Å². The molecule has 1 amide bonds. The predicted octanol–water partition coefficient (Wildman–Crippen LogP) is 2.12. The molecule has 0 radical (unpaired) electrons. The summed E-state index contributed by atoms with van der Waals surface area (Å²) in [4.78, 5) is 13.3. The quantitative estimate of drug-likeness (QED) is 0.904. The van der Waals surface area contributed by atoms with Crippen molar-refractivity contribution in [1.82, 2.24) is 14.7 Å². The molecule has 2 N–H and O–H groups in total.